The summed E-state index contributed by atoms with van der Waals surface area (Å²) < 4.78 is 0. The van der Waals surface area contributed by atoms with Gasteiger partial charge in [-0.25, -0.2) is 4.98 Å². The minimum atomic E-state index is 0.414. The first-order valence-electron chi connectivity index (χ1n) is 6.73. The molecule has 0 unspecified atom stereocenters. The normalized spacial score (nSPS) is 13.2. The highest BCUT2D eigenvalue weighted by Crippen LogP contribution is 2.26. The summed E-state index contributed by atoms with van der Waals surface area (Å²) in [6.07, 6.45) is 3.31. The molecule has 0 radical (unpaired) electrons. The van der Waals surface area contributed by atoms with E-state index in [1.165, 1.54) is 28.8 Å². The largest absolute Gasteiger partial charge is 0.389 e. The van der Waals surface area contributed by atoms with Crippen molar-refractivity contribution in [3.8, 4) is 0 Å². The number of aryl methyl sites for hydroxylation is 3. The Morgan fingerprint density at radius 3 is 3.00 bits per heavy atom. The summed E-state index contributed by atoms with van der Waals surface area (Å²) in [6, 6.07) is 2.11. The molecule has 0 fully saturated rings. The Kier molecular flexibility index (Phi) is 3.72. The van der Waals surface area contributed by atoms with Gasteiger partial charge in [-0.3, -0.25) is 0 Å². The van der Waals surface area contributed by atoms with E-state index in [0.717, 1.165) is 30.8 Å². The van der Waals surface area contributed by atoms with E-state index in [1.807, 2.05) is 0 Å². The molecule has 2 aromatic rings. The van der Waals surface area contributed by atoms with Crippen LogP contribution in [-0.4, -0.2) is 9.97 Å². The second kappa shape index (κ2) is 5.50. The van der Waals surface area contributed by atoms with Gasteiger partial charge < -0.3 is 11.1 Å². The third kappa shape index (κ3) is 2.55. The zero-order valence-corrected chi connectivity index (χ0v) is 13.0. The summed E-state index contributed by atoms with van der Waals surface area (Å²) in [7, 11) is 0. The van der Waals surface area contributed by atoms with Gasteiger partial charge in [-0.1, -0.05) is 12.2 Å². The van der Waals surface area contributed by atoms with Gasteiger partial charge >= 0.3 is 0 Å². The van der Waals surface area contributed by atoms with Crippen LogP contribution in [0.5, 0.6) is 0 Å². The molecule has 3 N–H and O–H groups in total. The summed E-state index contributed by atoms with van der Waals surface area (Å²) >= 11 is 6.88. The van der Waals surface area contributed by atoms with Crippen LogP contribution in [0.2, 0.25) is 0 Å². The lowest BCUT2D eigenvalue weighted by Crippen LogP contribution is -2.15. The van der Waals surface area contributed by atoms with Crippen LogP contribution in [0.15, 0.2) is 16.8 Å². The highest BCUT2D eigenvalue weighted by atomic mass is 32.1. The van der Waals surface area contributed by atoms with E-state index in [-0.39, 0.29) is 0 Å². The fraction of sp³-hybridized carbons (Fsp3) is 0.333. The number of anilines is 1. The molecule has 1 aliphatic carbocycles. The minimum Gasteiger partial charge on any atom is -0.389 e. The van der Waals surface area contributed by atoms with Crippen LogP contribution in [0.25, 0.3) is 0 Å². The van der Waals surface area contributed by atoms with Gasteiger partial charge in [-0.05, 0) is 59.7 Å². The van der Waals surface area contributed by atoms with Crippen LogP contribution in [0, 0.1) is 6.92 Å². The van der Waals surface area contributed by atoms with Gasteiger partial charge in [0.25, 0.3) is 0 Å². The number of thiocarbonyl (C=S) groups is 1. The Hall–Kier alpha value is -1.46. The van der Waals surface area contributed by atoms with E-state index in [4.69, 9.17) is 22.9 Å². The van der Waals surface area contributed by atoms with Crippen molar-refractivity contribution in [2.24, 2.45) is 5.73 Å². The molecule has 0 saturated carbocycles. The van der Waals surface area contributed by atoms with E-state index in [9.17, 15) is 0 Å². The van der Waals surface area contributed by atoms with Gasteiger partial charge in [-0.15, -0.1) is 0 Å². The van der Waals surface area contributed by atoms with Crippen molar-refractivity contribution in [3.05, 3.63) is 44.8 Å². The van der Waals surface area contributed by atoms with E-state index < -0.39 is 0 Å². The number of nitrogens with two attached hydrogens (primary N) is 1. The number of nitrogens with one attached hydrogen (secondary N) is 1. The highest BCUT2D eigenvalue weighted by molar-refractivity contribution is 7.80. The number of hydrogen-bond donors (Lipinski definition) is 2. The second-order valence-corrected chi connectivity index (χ2v) is 6.33. The number of pyridine rings is 1. The Labute approximate surface area is 128 Å². The fourth-order valence-corrected chi connectivity index (χ4v) is 3.55. The first kappa shape index (κ1) is 13.5. The Morgan fingerprint density at radius 1 is 1.45 bits per heavy atom. The molecule has 0 aliphatic heterocycles. The molecule has 104 valence electrons. The van der Waals surface area contributed by atoms with Crippen molar-refractivity contribution in [3.63, 3.8) is 0 Å². The van der Waals surface area contributed by atoms with Crippen LogP contribution >= 0.6 is 23.6 Å². The number of nitrogens with zero attached hydrogens (tertiary/aromatic N) is 1. The molecule has 3 nitrogen and oxygen atoms in total. The molecule has 0 atom stereocenters. The Bertz CT molecular complexity index is 661. The summed E-state index contributed by atoms with van der Waals surface area (Å²) in [6.45, 7) is 2.88. The molecule has 0 saturated heterocycles. The highest BCUT2D eigenvalue weighted by Gasteiger charge is 2.17. The molecule has 2 aromatic heterocycles. The summed E-state index contributed by atoms with van der Waals surface area (Å²) in [4.78, 5) is 5.14. The van der Waals surface area contributed by atoms with E-state index in [1.54, 1.807) is 11.3 Å². The molecular formula is C15H17N3S2. The standard InChI is InChI=1S/C15H17N3S2/c1-9-7-20-8-11(9)6-17-15-12(14(16)19)5-10-3-2-4-13(10)18-15/h5,7-8H,2-4,6H2,1H3,(H2,16,19)(H,17,18). The predicted molar refractivity (Wildman–Crippen MR) is 88.5 cm³/mol. The van der Waals surface area contributed by atoms with E-state index in [2.05, 4.69) is 29.1 Å². The van der Waals surface area contributed by atoms with Gasteiger partial charge in [0.05, 0.1) is 5.56 Å². The van der Waals surface area contributed by atoms with Crippen molar-refractivity contribution in [1.29, 1.82) is 0 Å². The SMILES string of the molecule is Cc1cscc1CNc1nc2c(cc1C(N)=S)CCC2. The van der Waals surface area contributed by atoms with Crippen molar-refractivity contribution < 1.29 is 0 Å². The third-order valence-corrected chi connectivity index (χ3v) is 4.85. The van der Waals surface area contributed by atoms with Crippen molar-refractivity contribution in [2.45, 2.75) is 32.7 Å². The molecular weight excluding hydrogens is 286 g/mol. The van der Waals surface area contributed by atoms with Crippen LogP contribution in [0.4, 0.5) is 5.82 Å². The molecule has 2 heterocycles. The van der Waals surface area contributed by atoms with Crippen LogP contribution in [0.3, 0.4) is 0 Å². The number of thiophene rings is 1. The topological polar surface area (TPSA) is 50.9 Å². The Morgan fingerprint density at radius 2 is 2.30 bits per heavy atom. The monoisotopic (exact) mass is 303 g/mol. The average Bonchev–Trinajstić information content (AvgIpc) is 3.03. The van der Waals surface area contributed by atoms with Crippen molar-refractivity contribution in [1.82, 2.24) is 4.98 Å². The van der Waals surface area contributed by atoms with Crippen LogP contribution < -0.4 is 11.1 Å². The number of aromatic nitrogens is 1. The van der Waals surface area contributed by atoms with Crippen molar-refractivity contribution >= 4 is 34.4 Å². The quantitative estimate of drug-likeness (QED) is 0.852. The summed E-state index contributed by atoms with van der Waals surface area (Å²) in [5.74, 6) is 0.823. The first-order chi connectivity index (χ1) is 9.65. The average molecular weight is 303 g/mol. The van der Waals surface area contributed by atoms with E-state index >= 15 is 0 Å². The first-order valence-corrected chi connectivity index (χ1v) is 8.08. The second-order valence-electron chi connectivity index (χ2n) is 5.14. The maximum Gasteiger partial charge on any atom is 0.136 e. The molecule has 0 spiro atoms. The Balaban J connectivity index is 1.88. The maximum atomic E-state index is 5.84. The third-order valence-electron chi connectivity index (χ3n) is 3.72. The lowest BCUT2D eigenvalue weighted by atomic mass is 10.1. The zero-order valence-electron chi connectivity index (χ0n) is 11.4. The van der Waals surface area contributed by atoms with Crippen LogP contribution in [0.1, 0.15) is 34.4 Å². The molecule has 0 bridgehead atoms. The number of rotatable bonds is 4. The summed E-state index contributed by atoms with van der Waals surface area (Å²) in [5.41, 5.74) is 11.8. The minimum absolute atomic E-state index is 0.414. The van der Waals surface area contributed by atoms with Gasteiger partial charge in [-0.2, -0.15) is 11.3 Å². The van der Waals surface area contributed by atoms with E-state index in [0.29, 0.717) is 4.99 Å². The lowest BCUT2D eigenvalue weighted by Gasteiger charge is -2.12. The number of fused-ring (bicyclic) bond motifs is 1. The van der Waals surface area contributed by atoms with Crippen LogP contribution in [-0.2, 0) is 19.4 Å². The summed E-state index contributed by atoms with van der Waals surface area (Å²) in [5, 5.41) is 7.71. The van der Waals surface area contributed by atoms with Gasteiger partial charge in [0.15, 0.2) is 0 Å². The predicted octanol–water partition coefficient (Wildman–Crippen LogP) is 3.19. The zero-order chi connectivity index (χ0) is 14.1. The lowest BCUT2D eigenvalue weighted by molar-refractivity contribution is 0.899. The van der Waals surface area contributed by atoms with Crippen molar-refractivity contribution in [2.75, 3.05) is 5.32 Å². The molecule has 3 rings (SSSR count). The molecule has 5 heteroatoms. The number of hydrogen-bond acceptors (Lipinski definition) is 4. The van der Waals surface area contributed by atoms with Gasteiger partial charge in [0.1, 0.15) is 10.8 Å². The fourth-order valence-electron chi connectivity index (χ4n) is 2.54. The maximum absolute atomic E-state index is 5.84. The van der Waals surface area contributed by atoms with Gasteiger partial charge in [0, 0.05) is 12.2 Å². The molecule has 1 aliphatic rings. The molecule has 0 aromatic carbocycles. The smallest absolute Gasteiger partial charge is 0.136 e. The molecule has 20 heavy (non-hydrogen) atoms. The van der Waals surface area contributed by atoms with Gasteiger partial charge in [0.2, 0.25) is 0 Å². The molecule has 0 amide bonds.